The van der Waals surface area contributed by atoms with Crippen molar-refractivity contribution in [2.45, 2.75) is 17.0 Å². The molecule has 2 heteroatoms. The Bertz CT molecular complexity index is 419. The molecule has 0 atom stereocenters. The van der Waals surface area contributed by atoms with Gasteiger partial charge in [-0.1, -0.05) is 72.9 Å². The molecule has 0 fully saturated rings. The third kappa shape index (κ3) is 1.66. The van der Waals surface area contributed by atoms with Crippen LogP contribution in [0.5, 0.6) is 0 Å². The molecule has 0 unspecified atom stereocenters. The Morgan fingerprint density at radius 1 is 0.529 bits per heavy atom. The first-order valence-electron chi connectivity index (χ1n) is 5.96. The summed E-state index contributed by atoms with van der Waals surface area (Å²) in [6.07, 6.45) is 24.4. The Balaban J connectivity index is 2.03. The van der Waals surface area contributed by atoms with Crippen LogP contribution in [0.15, 0.2) is 72.9 Å². The molecule has 0 N–H and O–H groups in total. The Morgan fingerprint density at radius 2 is 0.765 bits per heavy atom. The van der Waals surface area contributed by atoms with E-state index in [4.69, 9.17) is 0 Å². The molecule has 0 aliphatic heterocycles. The van der Waals surface area contributed by atoms with Crippen molar-refractivity contribution in [3.05, 3.63) is 72.9 Å². The molecular formula is C15H15OP. The largest absolute Gasteiger partial charge is 0.321 e. The van der Waals surface area contributed by atoms with Gasteiger partial charge in [-0.2, -0.15) is 0 Å². The second-order valence-electron chi connectivity index (χ2n) is 4.54. The van der Waals surface area contributed by atoms with E-state index < -0.39 is 7.14 Å². The van der Waals surface area contributed by atoms with Gasteiger partial charge >= 0.3 is 0 Å². The molecule has 0 aromatic carbocycles. The van der Waals surface area contributed by atoms with Crippen LogP contribution in [0.1, 0.15) is 0 Å². The first-order chi connectivity index (χ1) is 8.32. The van der Waals surface area contributed by atoms with E-state index in [1.54, 1.807) is 0 Å². The van der Waals surface area contributed by atoms with Gasteiger partial charge in [-0.05, 0) is 0 Å². The normalized spacial score (nSPS) is 23.8. The van der Waals surface area contributed by atoms with Gasteiger partial charge in [0.25, 0.3) is 0 Å². The summed E-state index contributed by atoms with van der Waals surface area (Å²) < 4.78 is 13.5. The smallest absolute Gasteiger partial charge is 0.118 e. The van der Waals surface area contributed by atoms with Crippen LogP contribution in [0, 0.1) is 0 Å². The fraction of sp³-hybridized carbons (Fsp3) is 0.200. The highest BCUT2D eigenvalue weighted by Gasteiger charge is 2.42. The standard InChI is InChI=1S/C15H15OP/c16-17(13-7-1-2-8-13,14-9-3-4-10-14)15-11-5-6-12-15/h1-15H. The first-order valence-corrected chi connectivity index (χ1v) is 7.87. The van der Waals surface area contributed by atoms with Gasteiger partial charge in [-0.25, -0.2) is 0 Å². The van der Waals surface area contributed by atoms with Crippen molar-refractivity contribution < 1.29 is 4.57 Å². The topological polar surface area (TPSA) is 17.1 Å². The Morgan fingerprint density at radius 3 is 1.00 bits per heavy atom. The lowest BCUT2D eigenvalue weighted by Gasteiger charge is -2.30. The van der Waals surface area contributed by atoms with Crippen LogP contribution < -0.4 is 0 Å². The number of rotatable bonds is 3. The van der Waals surface area contributed by atoms with Crippen molar-refractivity contribution >= 4 is 7.14 Å². The van der Waals surface area contributed by atoms with Crippen LogP contribution in [-0.4, -0.2) is 17.0 Å². The zero-order valence-electron chi connectivity index (χ0n) is 9.52. The van der Waals surface area contributed by atoms with E-state index in [-0.39, 0.29) is 17.0 Å². The summed E-state index contributed by atoms with van der Waals surface area (Å²) in [5.41, 5.74) is 0.242. The quantitative estimate of drug-likeness (QED) is 0.687. The van der Waals surface area contributed by atoms with Gasteiger partial charge in [0.15, 0.2) is 0 Å². The fourth-order valence-corrected chi connectivity index (χ4v) is 6.07. The molecule has 0 radical (unpaired) electrons. The second-order valence-corrected chi connectivity index (χ2v) is 7.86. The van der Waals surface area contributed by atoms with Crippen LogP contribution in [0.25, 0.3) is 0 Å². The van der Waals surface area contributed by atoms with Gasteiger partial charge < -0.3 is 4.57 Å². The van der Waals surface area contributed by atoms with E-state index in [2.05, 4.69) is 36.5 Å². The van der Waals surface area contributed by atoms with E-state index in [9.17, 15) is 4.57 Å². The maximum absolute atomic E-state index is 13.5. The minimum atomic E-state index is -2.38. The summed E-state index contributed by atoms with van der Waals surface area (Å²) in [5, 5.41) is 0. The molecule has 0 spiro atoms. The van der Waals surface area contributed by atoms with E-state index >= 15 is 0 Å². The molecule has 0 heterocycles. The SMILES string of the molecule is O=P(C1C=CC=C1)(C1C=CC=C1)C1C=CC=C1. The summed E-state index contributed by atoms with van der Waals surface area (Å²) in [7, 11) is -2.38. The Kier molecular flexibility index (Phi) is 2.64. The molecular weight excluding hydrogens is 227 g/mol. The fourth-order valence-electron chi connectivity index (χ4n) is 2.66. The predicted octanol–water partition coefficient (Wildman–Crippen LogP) is 3.83. The summed E-state index contributed by atoms with van der Waals surface area (Å²) in [6, 6.07) is 0. The van der Waals surface area contributed by atoms with Crippen LogP contribution in [-0.2, 0) is 4.57 Å². The van der Waals surface area contributed by atoms with Crippen molar-refractivity contribution in [1.82, 2.24) is 0 Å². The molecule has 3 aliphatic carbocycles. The summed E-state index contributed by atoms with van der Waals surface area (Å²) >= 11 is 0. The van der Waals surface area contributed by atoms with Crippen molar-refractivity contribution in [2.24, 2.45) is 0 Å². The van der Waals surface area contributed by atoms with Gasteiger partial charge in [0, 0.05) is 0 Å². The highest BCUT2D eigenvalue weighted by molar-refractivity contribution is 7.67. The molecule has 0 aromatic heterocycles. The Hall–Kier alpha value is -1.33. The lowest BCUT2D eigenvalue weighted by Crippen LogP contribution is -2.19. The predicted molar refractivity (Wildman–Crippen MR) is 73.8 cm³/mol. The van der Waals surface area contributed by atoms with E-state index in [1.807, 2.05) is 36.5 Å². The van der Waals surface area contributed by atoms with Crippen molar-refractivity contribution in [1.29, 1.82) is 0 Å². The molecule has 0 bridgehead atoms. The average Bonchev–Trinajstić information content (AvgIpc) is 3.10. The highest BCUT2D eigenvalue weighted by Crippen LogP contribution is 2.63. The summed E-state index contributed by atoms with van der Waals surface area (Å²) in [4.78, 5) is 0. The maximum atomic E-state index is 13.5. The lowest BCUT2D eigenvalue weighted by molar-refractivity contribution is 0.570. The highest BCUT2D eigenvalue weighted by atomic mass is 31.2. The summed E-state index contributed by atoms with van der Waals surface area (Å²) in [5.74, 6) is 0. The van der Waals surface area contributed by atoms with Crippen LogP contribution in [0.2, 0.25) is 0 Å². The molecule has 86 valence electrons. The maximum Gasteiger partial charge on any atom is 0.118 e. The van der Waals surface area contributed by atoms with Crippen LogP contribution >= 0.6 is 7.14 Å². The molecule has 1 nitrogen and oxygen atoms in total. The van der Waals surface area contributed by atoms with E-state index in [0.29, 0.717) is 0 Å². The third-order valence-corrected chi connectivity index (χ3v) is 7.41. The van der Waals surface area contributed by atoms with Gasteiger partial charge in [0.2, 0.25) is 0 Å². The van der Waals surface area contributed by atoms with Crippen molar-refractivity contribution in [3.63, 3.8) is 0 Å². The van der Waals surface area contributed by atoms with E-state index in [0.717, 1.165) is 0 Å². The van der Waals surface area contributed by atoms with Gasteiger partial charge in [-0.3, -0.25) is 0 Å². The van der Waals surface area contributed by atoms with Crippen molar-refractivity contribution in [3.8, 4) is 0 Å². The monoisotopic (exact) mass is 242 g/mol. The molecule has 0 saturated heterocycles. The number of allylic oxidation sites excluding steroid dienone is 12. The number of hydrogen-bond donors (Lipinski definition) is 0. The minimum absolute atomic E-state index is 0.0808. The van der Waals surface area contributed by atoms with E-state index in [1.165, 1.54) is 0 Å². The lowest BCUT2D eigenvalue weighted by atomic mass is 10.4. The second kappa shape index (κ2) is 4.16. The molecule has 0 amide bonds. The molecule has 3 aliphatic rings. The van der Waals surface area contributed by atoms with Crippen LogP contribution in [0.4, 0.5) is 0 Å². The number of hydrogen-bond acceptors (Lipinski definition) is 1. The zero-order chi connectivity index (χ0) is 11.7. The zero-order valence-corrected chi connectivity index (χ0v) is 10.4. The Labute approximate surface area is 102 Å². The molecule has 0 aromatic rings. The summed E-state index contributed by atoms with van der Waals surface area (Å²) in [6.45, 7) is 0. The first kappa shape index (κ1) is 10.8. The van der Waals surface area contributed by atoms with Crippen LogP contribution in [0.3, 0.4) is 0 Å². The minimum Gasteiger partial charge on any atom is -0.321 e. The van der Waals surface area contributed by atoms with Gasteiger partial charge in [-0.15, -0.1) is 0 Å². The molecule has 3 rings (SSSR count). The van der Waals surface area contributed by atoms with Gasteiger partial charge in [0.05, 0.1) is 17.0 Å². The third-order valence-electron chi connectivity index (χ3n) is 3.58. The average molecular weight is 242 g/mol. The van der Waals surface area contributed by atoms with Crippen molar-refractivity contribution in [2.75, 3.05) is 0 Å². The molecule has 0 saturated carbocycles. The molecule has 17 heavy (non-hydrogen) atoms. The van der Waals surface area contributed by atoms with Gasteiger partial charge in [0.1, 0.15) is 7.14 Å².